The van der Waals surface area contributed by atoms with Gasteiger partial charge in [0, 0.05) is 28.9 Å². The number of nitrogen functional groups attached to an aromatic ring is 1. The van der Waals surface area contributed by atoms with E-state index in [0.717, 1.165) is 4.90 Å². The fourth-order valence-corrected chi connectivity index (χ4v) is 2.76. The molecule has 5 nitrogen and oxygen atoms in total. The van der Waals surface area contributed by atoms with E-state index in [9.17, 15) is 9.59 Å². The molecule has 2 rings (SSSR count). The number of carbonyl (C=O) groups excluding carboxylic acids is 2. The molecular formula is C17H19N3O2S. The Morgan fingerprint density at radius 1 is 0.957 bits per heavy atom. The molecule has 0 aliphatic rings. The Bertz CT molecular complexity index is 684. The lowest BCUT2D eigenvalue weighted by atomic mass is 10.2. The third-order valence-corrected chi connectivity index (χ3v) is 4.15. The highest BCUT2D eigenvalue weighted by molar-refractivity contribution is 8.00. The number of benzene rings is 2. The molecule has 0 aliphatic carbocycles. The Morgan fingerprint density at radius 3 is 2.00 bits per heavy atom. The summed E-state index contributed by atoms with van der Waals surface area (Å²) in [6, 6.07) is 14.4. The third-order valence-electron chi connectivity index (χ3n) is 3.03. The van der Waals surface area contributed by atoms with Crippen LogP contribution < -0.4 is 16.4 Å². The van der Waals surface area contributed by atoms with Crippen molar-refractivity contribution in [3.8, 4) is 0 Å². The summed E-state index contributed by atoms with van der Waals surface area (Å²) in [7, 11) is 0. The van der Waals surface area contributed by atoms with Crippen LogP contribution >= 0.6 is 11.8 Å². The zero-order valence-electron chi connectivity index (χ0n) is 13.0. The minimum absolute atomic E-state index is 0.0842. The molecule has 23 heavy (non-hydrogen) atoms. The molecule has 1 atom stereocenters. The summed E-state index contributed by atoms with van der Waals surface area (Å²) in [5.41, 5.74) is 7.73. The Balaban J connectivity index is 1.92. The maximum absolute atomic E-state index is 12.2. The van der Waals surface area contributed by atoms with Gasteiger partial charge in [-0.1, -0.05) is 0 Å². The van der Waals surface area contributed by atoms with Gasteiger partial charge in [0.1, 0.15) is 0 Å². The van der Waals surface area contributed by atoms with Crippen molar-refractivity contribution in [1.29, 1.82) is 0 Å². The van der Waals surface area contributed by atoms with Crippen molar-refractivity contribution in [1.82, 2.24) is 0 Å². The van der Waals surface area contributed by atoms with Gasteiger partial charge in [-0.3, -0.25) is 9.59 Å². The molecule has 0 aromatic heterocycles. The van der Waals surface area contributed by atoms with Crippen LogP contribution in [0.2, 0.25) is 0 Å². The molecule has 0 aliphatic heterocycles. The van der Waals surface area contributed by atoms with Gasteiger partial charge in [-0.2, -0.15) is 0 Å². The van der Waals surface area contributed by atoms with Crippen LogP contribution in [0.1, 0.15) is 13.8 Å². The van der Waals surface area contributed by atoms with Gasteiger partial charge in [0.2, 0.25) is 11.8 Å². The summed E-state index contributed by atoms with van der Waals surface area (Å²) in [6.45, 7) is 3.30. The predicted octanol–water partition coefficient (Wildman–Crippen LogP) is 3.35. The number of rotatable bonds is 5. The first-order valence-electron chi connectivity index (χ1n) is 7.15. The minimum atomic E-state index is -0.242. The summed E-state index contributed by atoms with van der Waals surface area (Å²) >= 11 is 1.47. The van der Waals surface area contributed by atoms with Crippen LogP contribution in [0.5, 0.6) is 0 Å². The number of thioether (sulfide) groups is 1. The lowest BCUT2D eigenvalue weighted by molar-refractivity contribution is -0.115. The molecule has 0 radical (unpaired) electrons. The van der Waals surface area contributed by atoms with E-state index in [-0.39, 0.29) is 17.1 Å². The number of nitrogens with one attached hydrogen (secondary N) is 2. The maximum atomic E-state index is 12.2. The molecule has 0 unspecified atom stereocenters. The van der Waals surface area contributed by atoms with Gasteiger partial charge in [0.25, 0.3) is 0 Å². The van der Waals surface area contributed by atoms with E-state index in [2.05, 4.69) is 10.6 Å². The van der Waals surface area contributed by atoms with Gasteiger partial charge in [-0.25, -0.2) is 0 Å². The van der Waals surface area contributed by atoms with Crippen molar-refractivity contribution in [3.63, 3.8) is 0 Å². The molecule has 2 amide bonds. The van der Waals surface area contributed by atoms with Crippen molar-refractivity contribution in [2.45, 2.75) is 24.0 Å². The average Bonchev–Trinajstić information content (AvgIpc) is 2.51. The van der Waals surface area contributed by atoms with Crippen LogP contribution in [0.15, 0.2) is 53.4 Å². The van der Waals surface area contributed by atoms with Crippen molar-refractivity contribution < 1.29 is 9.59 Å². The fraction of sp³-hybridized carbons (Fsp3) is 0.176. The first-order chi connectivity index (χ1) is 10.9. The zero-order valence-corrected chi connectivity index (χ0v) is 13.8. The largest absolute Gasteiger partial charge is 0.399 e. The molecule has 0 spiro atoms. The molecule has 0 bridgehead atoms. The van der Waals surface area contributed by atoms with E-state index in [4.69, 9.17) is 5.73 Å². The summed E-state index contributed by atoms with van der Waals surface area (Å²) in [4.78, 5) is 24.2. The van der Waals surface area contributed by atoms with Crippen molar-refractivity contribution >= 4 is 40.6 Å². The normalized spacial score (nSPS) is 11.6. The fourth-order valence-electron chi connectivity index (χ4n) is 1.89. The second-order valence-corrected chi connectivity index (χ2v) is 6.49. The Morgan fingerprint density at radius 2 is 1.48 bits per heavy atom. The van der Waals surface area contributed by atoms with E-state index >= 15 is 0 Å². The van der Waals surface area contributed by atoms with Crippen LogP contribution in [-0.4, -0.2) is 17.1 Å². The predicted molar refractivity (Wildman–Crippen MR) is 95.5 cm³/mol. The Kier molecular flexibility index (Phi) is 5.65. The lowest BCUT2D eigenvalue weighted by Gasteiger charge is -2.12. The number of amides is 2. The molecule has 0 heterocycles. The molecular weight excluding hydrogens is 310 g/mol. The summed E-state index contributed by atoms with van der Waals surface area (Å²) in [5.74, 6) is -0.214. The zero-order chi connectivity index (χ0) is 16.8. The van der Waals surface area contributed by atoms with Crippen LogP contribution in [0, 0.1) is 0 Å². The highest BCUT2D eigenvalue weighted by Gasteiger charge is 2.14. The van der Waals surface area contributed by atoms with Gasteiger partial charge in [-0.15, -0.1) is 11.8 Å². The van der Waals surface area contributed by atoms with Gasteiger partial charge in [-0.05, 0) is 55.5 Å². The van der Waals surface area contributed by atoms with Crippen LogP contribution in [0.4, 0.5) is 17.1 Å². The molecule has 0 saturated carbocycles. The van der Waals surface area contributed by atoms with Crippen LogP contribution in [-0.2, 0) is 9.59 Å². The topological polar surface area (TPSA) is 84.2 Å². The number of anilines is 3. The van der Waals surface area contributed by atoms with Crippen molar-refractivity contribution in [2.75, 3.05) is 16.4 Å². The van der Waals surface area contributed by atoms with E-state index in [1.165, 1.54) is 18.7 Å². The third kappa shape index (κ3) is 5.34. The van der Waals surface area contributed by atoms with Gasteiger partial charge >= 0.3 is 0 Å². The number of hydrogen-bond acceptors (Lipinski definition) is 4. The minimum Gasteiger partial charge on any atom is -0.399 e. The second-order valence-electron chi connectivity index (χ2n) is 5.08. The van der Waals surface area contributed by atoms with E-state index in [1.54, 1.807) is 24.3 Å². The number of hydrogen-bond donors (Lipinski definition) is 3. The number of carbonyl (C=O) groups is 2. The highest BCUT2D eigenvalue weighted by Crippen LogP contribution is 2.25. The van der Waals surface area contributed by atoms with Crippen LogP contribution in [0.25, 0.3) is 0 Å². The number of nitrogens with two attached hydrogens (primary N) is 1. The van der Waals surface area contributed by atoms with E-state index < -0.39 is 0 Å². The summed E-state index contributed by atoms with van der Waals surface area (Å²) in [6.07, 6.45) is 0. The van der Waals surface area contributed by atoms with Crippen molar-refractivity contribution in [2.24, 2.45) is 0 Å². The average molecular weight is 329 g/mol. The SMILES string of the molecule is CC(=O)Nc1ccc(NC(=O)[C@@H](C)Sc2ccc(N)cc2)cc1. The van der Waals surface area contributed by atoms with E-state index in [0.29, 0.717) is 17.1 Å². The smallest absolute Gasteiger partial charge is 0.237 e. The van der Waals surface area contributed by atoms with Gasteiger partial charge in [0.15, 0.2) is 0 Å². The summed E-state index contributed by atoms with van der Waals surface area (Å²) < 4.78 is 0. The maximum Gasteiger partial charge on any atom is 0.237 e. The molecule has 4 N–H and O–H groups in total. The van der Waals surface area contributed by atoms with E-state index in [1.807, 2.05) is 31.2 Å². The van der Waals surface area contributed by atoms with Gasteiger partial charge in [0.05, 0.1) is 5.25 Å². The lowest BCUT2D eigenvalue weighted by Crippen LogP contribution is -2.22. The molecule has 2 aromatic rings. The Hall–Kier alpha value is -2.47. The molecule has 0 saturated heterocycles. The summed E-state index contributed by atoms with van der Waals surface area (Å²) in [5, 5.41) is 5.29. The standard InChI is InChI=1S/C17H19N3O2S/c1-11(23-16-9-3-13(18)4-10-16)17(22)20-15-7-5-14(6-8-15)19-12(2)21/h3-11H,18H2,1-2H3,(H,19,21)(H,20,22)/t11-/m1/s1. The van der Waals surface area contributed by atoms with Gasteiger partial charge < -0.3 is 16.4 Å². The first-order valence-corrected chi connectivity index (χ1v) is 8.03. The highest BCUT2D eigenvalue weighted by atomic mass is 32.2. The molecule has 2 aromatic carbocycles. The second kappa shape index (κ2) is 7.69. The monoisotopic (exact) mass is 329 g/mol. The van der Waals surface area contributed by atoms with Crippen molar-refractivity contribution in [3.05, 3.63) is 48.5 Å². The molecule has 6 heteroatoms. The quantitative estimate of drug-likeness (QED) is 0.580. The van der Waals surface area contributed by atoms with Crippen LogP contribution in [0.3, 0.4) is 0 Å². The molecule has 0 fully saturated rings. The Labute approximate surface area is 139 Å². The first kappa shape index (κ1) is 16.9. The molecule has 120 valence electrons.